The number of aromatic nitrogens is 1. The average Bonchev–Trinajstić information content (AvgIpc) is 3.12. The molecule has 0 atom stereocenters. The van der Waals surface area contributed by atoms with Crippen molar-refractivity contribution in [2.75, 3.05) is 6.54 Å². The summed E-state index contributed by atoms with van der Waals surface area (Å²) in [6.45, 7) is 4.28. The monoisotopic (exact) mass is 336 g/mol. The summed E-state index contributed by atoms with van der Waals surface area (Å²) in [6, 6.07) is 1.29. The van der Waals surface area contributed by atoms with Gasteiger partial charge in [-0.3, -0.25) is 4.79 Å². The molecule has 1 amide bonds. The van der Waals surface area contributed by atoms with Crippen molar-refractivity contribution in [2.45, 2.75) is 39.5 Å². The molecule has 23 heavy (non-hydrogen) atoms. The molecule has 2 aromatic heterocycles. The zero-order chi connectivity index (χ0) is 16.8. The predicted octanol–water partition coefficient (Wildman–Crippen LogP) is 3.06. The van der Waals surface area contributed by atoms with Gasteiger partial charge in [0.05, 0.1) is 5.01 Å². The minimum Gasteiger partial charge on any atom is -0.478 e. The fraction of sp³-hybridized carbons (Fsp3) is 0.438. The number of unbranched alkanes of at least 4 members (excludes halogenated alkanes) is 1. The van der Waals surface area contributed by atoms with Crippen molar-refractivity contribution >= 4 is 23.2 Å². The third-order valence-electron chi connectivity index (χ3n) is 3.35. The van der Waals surface area contributed by atoms with E-state index in [2.05, 4.69) is 10.3 Å². The number of carbonyl (C=O) groups excluding carboxylic acids is 1. The van der Waals surface area contributed by atoms with Gasteiger partial charge < -0.3 is 14.8 Å². The molecule has 0 saturated heterocycles. The highest BCUT2D eigenvalue weighted by atomic mass is 32.1. The van der Waals surface area contributed by atoms with E-state index in [1.807, 2.05) is 12.3 Å². The number of nitrogens with one attached hydrogen (secondary N) is 1. The Morgan fingerprint density at radius 2 is 2.17 bits per heavy atom. The quantitative estimate of drug-likeness (QED) is 0.723. The van der Waals surface area contributed by atoms with Crippen LogP contribution in [0.3, 0.4) is 0 Å². The summed E-state index contributed by atoms with van der Waals surface area (Å²) in [5.41, 5.74) is 1.09. The van der Waals surface area contributed by atoms with Gasteiger partial charge in [0.25, 0.3) is 5.91 Å². The molecule has 0 aromatic carbocycles. The van der Waals surface area contributed by atoms with Gasteiger partial charge in [0.1, 0.15) is 11.3 Å². The Bertz CT molecular complexity index is 690. The first kappa shape index (κ1) is 17.2. The number of hydrogen-bond donors (Lipinski definition) is 2. The number of nitrogens with zero attached hydrogens (tertiary/aromatic N) is 1. The molecular formula is C16H20N2O4S. The normalized spacial score (nSPS) is 10.7. The van der Waals surface area contributed by atoms with Gasteiger partial charge in [-0.2, -0.15) is 0 Å². The highest BCUT2D eigenvalue weighted by molar-refractivity contribution is 7.09. The molecule has 0 unspecified atom stereocenters. The Hall–Kier alpha value is -2.15. The summed E-state index contributed by atoms with van der Waals surface area (Å²) in [4.78, 5) is 27.4. The first-order valence-electron chi connectivity index (χ1n) is 7.56. The van der Waals surface area contributed by atoms with Crippen LogP contribution in [0.2, 0.25) is 0 Å². The first-order valence-corrected chi connectivity index (χ1v) is 8.44. The molecule has 0 fully saturated rings. The Labute approximate surface area is 138 Å². The standard InChI is InChI=1S/C16H20N2O4S/c1-3-12-11(16(20)21)8-13(22-12)15(19)17-7-5-4-6-14-18-10(2)9-23-14/h8-9H,3-7H2,1-2H3,(H,17,19)(H,20,21). The van der Waals surface area contributed by atoms with Gasteiger partial charge in [0, 0.05) is 30.1 Å². The fourth-order valence-corrected chi connectivity index (χ4v) is 3.01. The van der Waals surface area contributed by atoms with Gasteiger partial charge >= 0.3 is 5.97 Å². The molecule has 6 nitrogen and oxygen atoms in total. The molecule has 0 aliphatic heterocycles. The van der Waals surface area contributed by atoms with E-state index >= 15 is 0 Å². The molecule has 0 radical (unpaired) electrons. The number of hydrogen-bond acceptors (Lipinski definition) is 5. The number of carbonyl (C=O) groups is 2. The number of furan rings is 1. The molecule has 124 valence electrons. The lowest BCUT2D eigenvalue weighted by Crippen LogP contribution is -2.24. The lowest BCUT2D eigenvalue weighted by molar-refractivity contribution is 0.0694. The second-order valence-electron chi connectivity index (χ2n) is 5.20. The van der Waals surface area contributed by atoms with Crippen LogP contribution in [0, 0.1) is 6.92 Å². The maximum Gasteiger partial charge on any atom is 0.339 e. The van der Waals surface area contributed by atoms with Crippen molar-refractivity contribution in [3.63, 3.8) is 0 Å². The Kier molecular flexibility index (Phi) is 5.92. The van der Waals surface area contributed by atoms with Crippen molar-refractivity contribution in [3.8, 4) is 0 Å². The molecule has 0 aliphatic carbocycles. The number of aromatic carboxylic acids is 1. The van der Waals surface area contributed by atoms with Crippen LogP contribution in [0.4, 0.5) is 0 Å². The van der Waals surface area contributed by atoms with Gasteiger partial charge in [-0.15, -0.1) is 11.3 Å². The summed E-state index contributed by atoms with van der Waals surface area (Å²) in [5, 5.41) is 14.9. The van der Waals surface area contributed by atoms with E-state index < -0.39 is 5.97 Å². The lowest BCUT2D eigenvalue weighted by atomic mass is 10.2. The smallest absolute Gasteiger partial charge is 0.339 e. The van der Waals surface area contributed by atoms with E-state index in [0.29, 0.717) is 18.7 Å². The highest BCUT2D eigenvalue weighted by Crippen LogP contribution is 2.16. The van der Waals surface area contributed by atoms with Gasteiger partial charge in [-0.05, 0) is 26.2 Å². The minimum atomic E-state index is -1.08. The molecule has 7 heteroatoms. The number of aryl methyl sites for hydroxylation is 3. The Morgan fingerprint density at radius 3 is 2.74 bits per heavy atom. The van der Waals surface area contributed by atoms with Gasteiger partial charge in [-0.25, -0.2) is 9.78 Å². The van der Waals surface area contributed by atoms with Gasteiger partial charge in [0.2, 0.25) is 0 Å². The van der Waals surface area contributed by atoms with Crippen LogP contribution in [-0.2, 0) is 12.8 Å². The van der Waals surface area contributed by atoms with Gasteiger partial charge in [0.15, 0.2) is 5.76 Å². The van der Waals surface area contributed by atoms with Crippen molar-refractivity contribution in [1.29, 1.82) is 0 Å². The van der Waals surface area contributed by atoms with E-state index in [-0.39, 0.29) is 17.2 Å². The number of rotatable bonds is 8. The molecule has 2 N–H and O–H groups in total. The largest absolute Gasteiger partial charge is 0.478 e. The number of amides is 1. The van der Waals surface area contributed by atoms with Crippen molar-refractivity contribution in [1.82, 2.24) is 10.3 Å². The lowest BCUT2D eigenvalue weighted by Gasteiger charge is -2.02. The highest BCUT2D eigenvalue weighted by Gasteiger charge is 2.19. The van der Waals surface area contributed by atoms with Crippen molar-refractivity contribution < 1.29 is 19.1 Å². The number of thiazole rings is 1. The fourth-order valence-electron chi connectivity index (χ4n) is 2.19. The second kappa shape index (κ2) is 7.92. The SMILES string of the molecule is CCc1oc(C(=O)NCCCCc2nc(C)cs2)cc1C(=O)O. The second-order valence-corrected chi connectivity index (χ2v) is 6.14. The van der Waals surface area contributed by atoms with E-state index in [9.17, 15) is 9.59 Å². The van der Waals surface area contributed by atoms with Crippen LogP contribution in [0.25, 0.3) is 0 Å². The molecule has 2 heterocycles. The maximum absolute atomic E-state index is 12.0. The molecule has 2 rings (SSSR count). The molecule has 2 aromatic rings. The summed E-state index contributed by atoms with van der Waals surface area (Å²) < 4.78 is 5.31. The molecule has 0 bridgehead atoms. The minimum absolute atomic E-state index is 0.0507. The summed E-state index contributed by atoms with van der Waals surface area (Å²) in [5.74, 6) is -1.09. The Morgan fingerprint density at radius 1 is 1.39 bits per heavy atom. The number of carboxylic acid groups (broad SMARTS) is 1. The predicted molar refractivity (Wildman–Crippen MR) is 87.2 cm³/mol. The zero-order valence-corrected chi connectivity index (χ0v) is 14.0. The average molecular weight is 336 g/mol. The molecule has 0 saturated carbocycles. The number of carboxylic acids is 1. The van der Waals surface area contributed by atoms with E-state index in [1.54, 1.807) is 18.3 Å². The van der Waals surface area contributed by atoms with Crippen LogP contribution >= 0.6 is 11.3 Å². The topological polar surface area (TPSA) is 92.4 Å². The van der Waals surface area contributed by atoms with Crippen LogP contribution in [0.5, 0.6) is 0 Å². The van der Waals surface area contributed by atoms with Crippen molar-refractivity contribution in [3.05, 3.63) is 39.2 Å². The van der Waals surface area contributed by atoms with Crippen molar-refractivity contribution in [2.24, 2.45) is 0 Å². The molecule has 0 aliphatic rings. The molecule has 0 spiro atoms. The summed E-state index contributed by atoms with van der Waals surface area (Å²) in [7, 11) is 0. The third kappa shape index (κ3) is 4.66. The van der Waals surface area contributed by atoms with Gasteiger partial charge in [-0.1, -0.05) is 6.92 Å². The van der Waals surface area contributed by atoms with Crippen LogP contribution in [-0.4, -0.2) is 28.5 Å². The summed E-state index contributed by atoms with van der Waals surface area (Å²) in [6.07, 6.45) is 3.10. The van der Waals surface area contributed by atoms with E-state index in [1.165, 1.54) is 6.07 Å². The third-order valence-corrected chi connectivity index (χ3v) is 4.38. The summed E-state index contributed by atoms with van der Waals surface area (Å²) >= 11 is 1.65. The van der Waals surface area contributed by atoms with Crippen LogP contribution in [0.15, 0.2) is 15.9 Å². The van der Waals surface area contributed by atoms with E-state index in [4.69, 9.17) is 9.52 Å². The van der Waals surface area contributed by atoms with Crippen LogP contribution < -0.4 is 5.32 Å². The Balaban J connectivity index is 1.77. The first-order chi connectivity index (χ1) is 11.0. The van der Waals surface area contributed by atoms with Crippen LogP contribution in [0.1, 0.15) is 57.1 Å². The maximum atomic E-state index is 12.0. The van der Waals surface area contributed by atoms with E-state index in [0.717, 1.165) is 30.0 Å². The molecular weight excluding hydrogens is 316 g/mol. The zero-order valence-electron chi connectivity index (χ0n) is 13.2.